The molecule has 3 rings (SSSR count). The van der Waals surface area contributed by atoms with Crippen LogP contribution in [0.1, 0.15) is 37.0 Å². The minimum atomic E-state index is 0.206. The number of morpholine rings is 1. The van der Waals surface area contributed by atoms with Gasteiger partial charge in [0.15, 0.2) is 0 Å². The van der Waals surface area contributed by atoms with Gasteiger partial charge >= 0.3 is 0 Å². The zero-order chi connectivity index (χ0) is 18.0. The average molecular weight is 346 g/mol. The number of rotatable bonds is 6. The Morgan fingerprint density at radius 1 is 1.24 bits per heavy atom. The third-order valence-electron chi connectivity index (χ3n) is 4.93. The van der Waals surface area contributed by atoms with E-state index in [9.17, 15) is 0 Å². The Morgan fingerprint density at radius 3 is 2.56 bits per heavy atom. The third kappa shape index (κ3) is 3.72. The van der Waals surface area contributed by atoms with Crippen LogP contribution in [0.25, 0.3) is 0 Å². The second kappa shape index (κ2) is 7.58. The molecule has 7 heteroatoms. The van der Waals surface area contributed by atoms with Crippen LogP contribution >= 0.6 is 0 Å². The second-order valence-corrected chi connectivity index (χ2v) is 7.11. The van der Waals surface area contributed by atoms with Crippen LogP contribution < -0.4 is 10.2 Å². The SMILES string of the molecule is Cc1nn(C)c(N2CCOCC2)c1CN[C@@H](c1nccn1C)C(C)C. The first-order valence-corrected chi connectivity index (χ1v) is 9.04. The zero-order valence-electron chi connectivity index (χ0n) is 16.0. The molecule has 2 aromatic heterocycles. The fraction of sp³-hybridized carbons (Fsp3) is 0.667. The van der Waals surface area contributed by atoms with Crippen molar-refractivity contribution in [2.45, 2.75) is 33.4 Å². The molecule has 7 nitrogen and oxygen atoms in total. The summed E-state index contributed by atoms with van der Waals surface area (Å²) in [4.78, 5) is 6.92. The highest BCUT2D eigenvalue weighted by atomic mass is 16.5. The lowest BCUT2D eigenvalue weighted by molar-refractivity contribution is 0.122. The smallest absolute Gasteiger partial charge is 0.131 e. The van der Waals surface area contributed by atoms with E-state index < -0.39 is 0 Å². The highest BCUT2D eigenvalue weighted by Gasteiger charge is 2.24. The highest BCUT2D eigenvalue weighted by molar-refractivity contribution is 5.50. The summed E-state index contributed by atoms with van der Waals surface area (Å²) in [5.41, 5.74) is 2.35. The number of nitrogens with zero attached hydrogens (tertiary/aromatic N) is 5. The van der Waals surface area contributed by atoms with Crippen LogP contribution in [-0.2, 0) is 25.4 Å². The fourth-order valence-corrected chi connectivity index (χ4v) is 3.58. The summed E-state index contributed by atoms with van der Waals surface area (Å²) in [6.45, 7) is 10.7. The van der Waals surface area contributed by atoms with Gasteiger partial charge in [0, 0.05) is 51.7 Å². The predicted molar refractivity (Wildman–Crippen MR) is 98.6 cm³/mol. The molecule has 1 aliphatic heterocycles. The normalized spacial score (nSPS) is 16.6. The lowest BCUT2D eigenvalue weighted by atomic mass is 10.0. The van der Waals surface area contributed by atoms with E-state index in [0.29, 0.717) is 5.92 Å². The molecule has 0 aromatic carbocycles. The van der Waals surface area contributed by atoms with E-state index in [-0.39, 0.29) is 6.04 Å². The van der Waals surface area contributed by atoms with Crippen LogP contribution in [0.15, 0.2) is 12.4 Å². The summed E-state index contributed by atoms with van der Waals surface area (Å²) in [5.74, 6) is 2.73. The minimum Gasteiger partial charge on any atom is -0.378 e. The number of aryl methyl sites for hydroxylation is 3. The van der Waals surface area contributed by atoms with Gasteiger partial charge in [0.2, 0.25) is 0 Å². The predicted octanol–water partition coefficient (Wildman–Crippen LogP) is 1.79. The van der Waals surface area contributed by atoms with E-state index in [2.05, 4.69) is 45.6 Å². The van der Waals surface area contributed by atoms with Crippen LogP contribution in [0.3, 0.4) is 0 Å². The van der Waals surface area contributed by atoms with Gasteiger partial charge in [0.1, 0.15) is 11.6 Å². The minimum absolute atomic E-state index is 0.206. The van der Waals surface area contributed by atoms with Crippen molar-refractivity contribution in [3.05, 3.63) is 29.5 Å². The summed E-state index contributed by atoms with van der Waals surface area (Å²) in [6.07, 6.45) is 3.86. The summed E-state index contributed by atoms with van der Waals surface area (Å²) in [5, 5.41) is 8.38. The van der Waals surface area contributed by atoms with Gasteiger partial charge in [-0.15, -0.1) is 0 Å². The van der Waals surface area contributed by atoms with Crippen LogP contribution in [0.5, 0.6) is 0 Å². The molecule has 0 amide bonds. The number of nitrogens with one attached hydrogen (secondary N) is 1. The molecule has 1 saturated heterocycles. The Balaban J connectivity index is 1.81. The molecular formula is C18H30N6O. The molecule has 0 aliphatic carbocycles. The molecule has 0 unspecified atom stereocenters. The largest absolute Gasteiger partial charge is 0.378 e. The van der Waals surface area contributed by atoms with Crippen molar-refractivity contribution in [1.82, 2.24) is 24.6 Å². The van der Waals surface area contributed by atoms with Crippen molar-refractivity contribution < 1.29 is 4.74 Å². The molecule has 138 valence electrons. The van der Waals surface area contributed by atoms with E-state index in [1.54, 1.807) is 0 Å². The van der Waals surface area contributed by atoms with Crippen LogP contribution in [0.2, 0.25) is 0 Å². The number of ether oxygens (including phenoxy) is 1. The number of anilines is 1. The molecule has 1 atom stereocenters. The Labute approximate surface area is 150 Å². The summed E-state index contributed by atoms with van der Waals surface area (Å²) >= 11 is 0. The standard InChI is InChI=1S/C18H30N6O/c1-13(2)16(17-19-6-7-22(17)4)20-12-15-14(3)21-23(5)18(15)24-8-10-25-11-9-24/h6-7,13,16,20H,8-12H2,1-5H3/t16-/m1/s1. The van der Waals surface area contributed by atoms with Crippen LogP contribution in [0, 0.1) is 12.8 Å². The van der Waals surface area contributed by atoms with E-state index in [1.165, 1.54) is 11.4 Å². The maximum Gasteiger partial charge on any atom is 0.131 e. The molecule has 0 radical (unpaired) electrons. The Morgan fingerprint density at radius 2 is 1.96 bits per heavy atom. The van der Waals surface area contributed by atoms with Crippen LogP contribution in [0.4, 0.5) is 5.82 Å². The van der Waals surface area contributed by atoms with Crippen molar-refractivity contribution in [2.75, 3.05) is 31.2 Å². The Bertz CT molecular complexity index is 698. The van der Waals surface area contributed by atoms with Gasteiger partial charge in [-0.3, -0.25) is 4.68 Å². The average Bonchev–Trinajstić information content (AvgIpc) is 3.11. The van der Waals surface area contributed by atoms with E-state index >= 15 is 0 Å². The second-order valence-electron chi connectivity index (χ2n) is 7.11. The van der Waals surface area contributed by atoms with E-state index in [4.69, 9.17) is 4.74 Å². The molecule has 1 fully saturated rings. The maximum absolute atomic E-state index is 5.50. The Hall–Kier alpha value is -1.86. The fourth-order valence-electron chi connectivity index (χ4n) is 3.58. The molecule has 0 saturated carbocycles. The van der Waals surface area contributed by atoms with Gasteiger partial charge in [-0.2, -0.15) is 5.10 Å². The first-order chi connectivity index (χ1) is 12.0. The topological polar surface area (TPSA) is 60.1 Å². The van der Waals surface area contributed by atoms with Crippen molar-refractivity contribution in [1.29, 1.82) is 0 Å². The van der Waals surface area contributed by atoms with Crippen molar-refractivity contribution in [3.63, 3.8) is 0 Å². The first kappa shape index (κ1) is 17.9. The number of aromatic nitrogens is 4. The molecule has 1 N–H and O–H groups in total. The lowest BCUT2D eigenvalue weighted by Gasteiger charge is -2.30. The highest BCUT2D eigenvalue weighted by Crippen LogP contribution is 2.26. The summed E-state index contributed by atoms with van der Waals surface area (Å²) < 4.78 is 9.60. The molecule has 0 spiro atoms. The van der Waals surface area contributed by atoms with Gasteiger partial charge in [-0.05, 0) is 12.8 Å². The molecule has 1 aliphatic rings. The third-order valence-corrected chi connectivity index (χ3v) is 4.93. The molecule has 0 bridgehead atoms. The Kier molecular flexibility index (Phi) is 5.44. The summed E-state index contributed by atoms with van der Waals surface area (Å²) in [6, 6.07) is 0.206. The lowest BCUT2D eigenvalue weighted by Crippen LogP contribution is -2.38. The maximum atomic E-state index is 5.50. The van der Waals surface area contributed by atoms with Crippen molar-refractivity contribution in [3.8, 4) is 0 Å². The molecule has 2 aromatic rings. The van der Waals surface area contributed by atoms with Gasteiger partial charge in [0.25, 0.3) is 0 Å². The van der Waals surface area contributed by atoms with Gasteiger partial charge in [0.05, 0.1) is 24.9 Å². The molecule has 25 heavy (non-hydrogen) atoms. The number of hydrogen-bond donors (Lipinski definition) is 1. The molecular weight excluding hydrogens is 316 g/mol. The van der Waals surface area contributed by atoms with E-state index in [0.717, 1.165) is 44.4 Å². The quantitative estimate of drug-likeness (QED) is 0.864. The van der Waals surface area contributed by atoms with Crippen molar-refractivity contribution in [2.24, 2.45) is 20.0 Å². The first-order valence-electron chi connectivity index (χ1n) is 9.04. The molecule has 3 heterocycles. The number of imidazole rings is 1. The number of hydrogen-bond acceptors (Lipinski definition) is 5. The summed E-state index contributed by atoms with van der Waals surface area (Å²) in [7, 11) is 4.08. The van der Waals surface area contributed by atoms with Gasteiger partial charge < -0.3 is 19.5 Å². The van der Waals surface area contributed by atoms with Gasteiger partial charge in [-0.25, -0.2) is 4.98 Å². The monoisotopic (exact) mass is 346 g/mol. The van der Waals surface area contributed by atoms with Crippen LogP contribution in [-0.4, -0.2) is 45.6 Å². The van der Waals surface area contributed by atoms with E-state index in [1.807, 2.05) is 31.2 Å². The van der Waals surface area contributed by atoms with Crippen molar-refractivity contribution >= 4 is 5.82 Å². The van der Waals surface area contributed by atoms with Gasteiger partial charge in [-0.1, -0.05) is 13.8 Å². The zero-order valence-corrected chi connectivity index (χ0v) is 16.0.